The van der Waals surface area contributed by atoms with Gasteiger partial charge in [-0.3, -0.25) is 9.72 Å². The first-order valence-corrected chi connectivity index (χ1v) is 15.0. The van der Waals surface area contributed by atoms with E-state index in [9.17, 15) is 14.7 Å². The number of carbonyl (C=O) groups excluding carboxylic acids is 1. The van der Waals surface area contributed by atoms with E-state index < -0.39 is 23.3 Å². The predicted octanol–water partition coefficient (Wildman–Crippen LogP) is 6.73. The van der Waals surface area contributed by atoms with E-state index in [0.29, 0.717) is 10.5 Å². The van der Waals surface area contributed by atoms with Crippen LogP contribution < -0.4 is 15.5 Å². The molecule has 1 aliphatic heterocycles. The number of anilines is 2. The fraction of sp³-hybridized carbons (Fsp3) is 0.519. The second-order valence-electron chi connectivity index (χ2n) is 11.8. The van der Waals surface area contributed by atoms with Crippen LogP contribution in [0.4, 0.5) is 21.4 Å². The Kier molecular flexibility index (Phi) is 7.95. The third kappa shape index (κ3) is 6.00. The second kappa shape index (κ2) is 11.0. The van der Waals surface area contributed by atoms with E-state index in [1.807, 2.05) is 17.5 Å². The van der Waals surface area contributed by atoms with E-state index in [2.05, 4.69) is 25.5 Å². The summed E-state index contributed by atoms with van der Waals surface area (Å²) in [6.45, 7) is 8.88. The number of fused-ring (bicyclic) bond motifs is 1. The van der Waals surface area contributed by atoms with Gasteiger partial charge >= 0.3 is 12.2 Å². The predicted molar refractivity (Wildman–Crippen MR) is 159 cm³/mol. The maximum atomic E-state index is 12.3. The van der Waals surface area contributed by atoms with Crippen LogP contribution in [0.15, 0.2) is 34.4 Å². The normalized spacial score (nSPS) is 20.4. The van der Waals surface area contributed by atoms with Crippen molar-refractivity contribution in [3.05, 3.63) is 34.8 Å². The molecule has 14 heteroatoms. The molecule has 0 bridgehead atoms. The highest BCUT2D eigenvalue weighted by Gasteiger charge is 2.53. The van der Waals surface area contributed by atoms with Crippen molar-refractivity contribution in [2.24, 2.45) is 5.41 Å². The number of carbonyl (C=O) groups is 2. The van der Waals surface area contributed by atoms with Gasteiger partial charge in [-0.2, -0.15) is 0 Å². The number of rotatable bonds is 5. The summed E-state index contributed by atoms with van der Waals surface area (Å²) in [5.74, 6) is 0.979. The maximum absolute atomic E-state index is 12.3. The average molecular weight is 623 g/mol. The van der Waals surface area contributed by atoms with Gasteiger partial charge in [0.25, 0.3) is 0 Å². The summed E-state index contributed by atoms with van der Waals surface area (Å²) in [5.41, 5.74) is -0.456. The topological polar surface area (TPSA) is 134 Å². The maximum Gasteiger partial charge on any atom is 0.413 e. The lowest BCUT2D eigenvalue weighted by atomic mass is 9.66. The molecule has 1 spiro atoms. The lowest BCUT2D eigenvalue weighted by Crippen LogP contribution is -2.58. The molecule has 3 aromatic heterocycles. The van der Waals surface area contributed by atoms with Crippen LogP contribution in [-0.4, -0.2) is 60.9 Å². The fourth-order valence-corrected chi connectivity index (χ4v) is 7.42. The van der Waals surface area contributed by atoms with Gasteiger partial charge in [-0.25, -0.2) is 24.5 Å². The summed E-state index contributed by atoms with van der Waals surface area (Å²) in [5, 5.41) is 15.2. The third-order valence-corrected chi connectivity index (χ3v) is 9.91. The smallest absolute Gasteiger partial charge is 0.413 e. The Bertz CT molecular complexity index is 1490. The second-order valence-corrected chi connectivity index (χ2v) is 13.6. The first kappa shape index (κ1) is 29.5. The van der Waals surface area contributed by atoms with Crippen molar-refractivity contribution in [1.82, 2.24) is 24.7 Å². The first-order valence-electron chi connectivity index (χ1n) is 13.4. The number of carboxylic acid groups (broad SMARTS) is 1. The van der Waals surface area contributed by atoms with Crippen molar-refractivity contribution in [1.29, 1.82) is 0 Å². The number of halogens is 2. The summed E-state index contributed by atoms with van der Waals surface area (Å²) in [6, 6.07) is 1.63. The van der Waals surface area contributed by atoms with Crippen LogP contribution in [0.3, 0.4) is 0 Å². The molecule has 1 atom stereocenters. The molecule has 1 unspecified atom stereocenters. The fourth-order valence-electron chi connectivity index (χ4n) is 6.02. The van der Waals surface area contributed by atoms with Crippen LogP contribution in [-0.2, 0) is 4.74 Å². The molecule has 3 aromatic rings. The van der Waals surface area contributed by atoms with E-state index in [0.717, 1.165) is 56.0 Å². The van der Waals surface area contributed by atoms with Gasteiger partial charge in [-0.05, 0) is 64.9 Å². The standard InChI is InChI=1S/C27H33Cl2N7O4S/c1-25(2,3)40-24(39)33-18-14-16(19(28)20(29)32-18)41-17-15-31-22(36-13-10-30-21(17)36)35-11-8-27(9-12-35)7-5-6-26(27,4)34-23(37)38/h10,13-15,34H,5-9,11-12H2,1-4H3,(H,37,38)(H,32,33,39). The minimum absolute atomic E-state index is 0.0465. The molecule has 4 heterocycles. The van der Waals surface area contributed by atoms with Gasteiger partial charge < -0.3 is 20.1 Å². The molecule has 11 nitrogen and oxygen atoms in total. The summed E-state index contributed by atoms with van der Waals surface area (Å²) in [6.07, 6.45) is 8.36. The van der Waals surface area contributed by atoms with Gasteiger partial charge in [0, 0.05) is 42.1 Å². The lowest BCUT2D eigenvalue weighted by molar-refractivity contribution is 0.0635. The number of ether oxygens (including phenoxy) is 1. The molecule has 41 heavy (non-hydrogen) atoms. The molecule has 2 aliphatic rings. The Morgan fingerprint density at radius 1 is 1.12 bits per heavy atom. The molecule has 0 radical (unpaired) electrons. The molecule has 3 N–H and O–H groups in total. The SMILES string of the molecule is CC(C)(C)OC(=O)Nc1cc(Sc2cnc(N3CCC4(CCCC4(C)NC(=O)O)CC3)n3ccnc23)c(Cl)c(Cl)n1. The Balaban J connectivity index is 1.36. The van der Waals surface area contributed by atoms with E-state index >= 15 is 0 Å². The van der Waals surface area contributed by atoms with Crippen LogP contribution in [0.1, 0.15) is 59.8 Å². The number of imidazole rings is 1. The molecule has 2 fully saturated rings. The summed E-state index contributed by atoms with van der Waals surface area (Å²) in [7, 11) is 0. The van der Waals surface area contributed by atoms with Gasteiger partial charge in [0.05, 0.1) is 9.92 Å². The highest BCUT2D eigenvalue weighted by Crippen LogP contribution is 2.53. The van der Waals surface area contributed by atoms with Gasteiger partial charge in [0.2, 0.25) is 5.95 Å². The molecule has 1 aliphatic carbocycles. The molecule has 1 saturated heterocycles. The van der Waals surface area contributed by atoms with Crippen LogP contribution in [0.5, 0.6) is 0 Å². The Hall–Kier alpha value is -2.96. The molecule has 220 valence electrons. The van der Waals surface area contributed by atoms with Gasteiger partial charge in [0.15, 0.2) is 10.8 Å². The van der Waals surface area contributed by atoms with Gasteiger partial charge in [0.1, 0.15) is 11.4 Å². The minimum atomic E-state index is -0.964. The number of pyridine rings is 1. The van der Waals surface area contributed by atoms with E-state index in [-0.39, 0.29) is 21.4 Å². The molecule has 2 amide bonds. The molecule has 1 saturated carbocycles. The Labute approximate surface area is 252 Å². The Morgan fingerprint density at radius 3 is 2.54 bits per heavy atom. The number of aromatic nitrogens is 4. The zero-order valence-electron chi connectivity index (χ0n) is 23.3. The highest BCUT2D eigenvalue weighted by atomic mass is 35.5. The molecule has 5 rings (SSSR count). The van der Waals surface area contributed by atoms with Crippen LogP contribution in [0, 0.1) is 5.41 Å². The van der Waals surface area contributed by atoms with E-state index in [1.54, 1.807) is 39.2 Å². The van der Waals surface area contributed by atoms with E-state index in [4.69, 9.17) is 32.9 Å². The summed E-state index contributed by atoms with van der Waals surface area (Å²) < 4.78 is 7.26. The zero-order valence-corrected chi connectivity index (χ0v) is 25.7. The highest BCUT2D eigenvalue weighted by molar-refractivity contribution is 7.99. The minimum Gasteiger partial charge on any atom is -0.465 e. The van der Waals surface area contributed by atoms with Crippen molar-refractivity contribution >= 4 is 64.6 Å². The number of amides is 2. The van der Waals surface area contributed by atoms with Crippen LogP contribution >= 0.6 is 35.0 Å². The van der Waals surface area contributed by atoms with Crippen LogP contribution in [0.25, 0.3) is 5.65 Å². The summed E-state index contributed by atoms with van der Waals surface area (Å²) >= 11 is 14.1. The largest absolute Gasteiger partial charge is 0.465 e. The summed E-state index contributed by atoms with van der Waals surface area (Å²) in [4.78, 5) is 40.9. The molecule has 0 aromatic carbocycles. The van der Waals surface area contributed by atoms with Gasteiger partial charge in [-0.1, -0.05) is 41.4 Å². The third-order valence-electron chi connectivity index (χ3n) is 8.00. The Morgan fingerprint density at radius 2 is 1.85 bits per heavy atom. The molecular formula is C27H33Cl2N7O4S. The number of hydrogen-bond acceptors (Lipinski definition) is 8. The van der Waals surface area contributed by atoms with Gasteiger partial charge in [-0.15, -0.1) is 0 Å². The lowest BCUT2D eigenvalue weighted by Gasteiger charge is -2.49. The number of nitrogens with zero attached hydrogens (tertiary/aromatic N) is 5. The quantitative estimate of drug-likeness (QED) is 0.265. The van der Waals surface area contributed by atoms with E-state index in [1.165, 1.54) is 11.8 Å². The first-order chi connectivity index (χ1) is 19.3. The monoisotopic (exact) mass is 621 g/mol. The van der Waals surface area contributed by atoms with Crippen molar-refractivity contribution in [3.8, 4) is 0 Å². The number of nitrogens with one attached hydrogen (secondary N) is 2. The van der Waals surface area contributed by atoms with Crippen molar-refractivity contribution in [2.75, 3.05) is 23.3 Å². The average Bonchev–Trinajstić information content (AvgIpc) is 3.47. The zero-order chi connectivity index (χ0) is 29.6. The van der Waals surface area contributed by atoms with Crippen molar-refractivity contribution in [2.45, 2.75) is 80.7 Å². The molecular weight excluding hydrogens is 589 g/mol. The number of piperidine rings is 1. The van der Waals surface area contributed by atoms with Crippen molar-refractivity contribution in [3.63, 3.8) is 0 Å². The van der Waals surface area contributed by atoms with Crippen molar-refractivity contribution < 1.29 is 19.4 Å². The number of hydrogen-bond donors (Lipinski definition) is 3. The van der Waals surface area contributed by atoms with Crippen LogP contribution in [0.2, 0.25) is 10.2 Å².